The van der Waals surface area contributed by atoms with Crippen LogP contribution in [0.25, 0.3) is 0 Å². The molecule has 0 aliphatic heterocycles. The Balaban J connectivity index is 2.10. The molecule has 2 aromatic rings. The maximum atomic E-state index is 10.9. The van der Waals surface area contributed by atoms with Gasteiger partial charge in [-0.05, 0) is 35.9 Å². The van der Waals surface area contributed by atoms with Gasteiger partial charge < -0.3 is 5.11 Å². The highest BCUT2D eigenvalue weighted by Gasteiger charge is 2.07. The molecule has 2 aromatic carbocycles. The van der Waals surface area contributed by atoms with Crippen molar-refractivity contribution in [2.75, 3.05) is 0 Å². The van der Waals surface area contributed by atoms with Crippen LogP contribution in [0.2, 0.25) is 0 Å². The minimum absolute atomic E-state index is 0.295. The van der Waals surface area contributed by atoms with E-state index in [1.807, 2.05) is 18.2 Å². The quantitative estimate of drug-likeness (QED) is 0.715. The fourth-order valence-electron chi connectivity index (χ4n) is 1.52. The summed E-state index contributed by atoms with van der Waals surface area (Å²) >= 11 is 8.57. The van der Waals surface area contributed by atoms with Gasteiger partial charge in [-0.1, -0.05) is 44.0 Å². The summed E-state index contributed by atoms with van der Waals surface area (Å²) in [4.78, 5) is 12.0. The minimum atomic E-state index is -0.910. The Morgan fingerprint density at radius 1 is 1.16 bits per heavy atom. The molecule has 98 valence electrons. The Morgan fingerprint density at radius 3 is 2.58 bits per heavy atom. The molecule has 0 aliphatic rings. The number of aromatic carboxylic acids is 1. The van der Waals surface area contributed by atoms with Crippen LogP contribution >= 0.6 is 43.6 Å². The zero-order valence-electron chi connectivity index (χ0n) is 9.77. The van der Waals surface area contributed by atoms with E-state index in [0.717, 1.165) is 20.3 Å². The highest BCUT2D eigenvalue weighted by Crippen LogP contribution is 2.29. The molecule has 0 heterocycles. The Bertz CT molecular complexity index is 614. The highest BCUT2D eigenvalue weighted by atomic mass is 79.9. The Hall–Kier alpha value is -0.780. The van der Waals surface area contributed by atoms with Gasteiger partial charge in [0, 0.05) is 19.6 Å². The van der Waals surface area contributed by atoms with Crippen molar-refractivity contribution in [1.82, 2.24) is 0 Å². The third-order valence-corrected chi connectivity index (χ3v) is 4.76. The van der Waals surface area contributed by atoms with Gasteiger partial charge in [-0.15, -0.1) is 11.8 Å². The number of benzene rings is 2. The number of thioether (sulfide) groups is 1. The van der Waals surface area contributed by atoms with Crippen LogP contribution in [0, 0.1) is 0 Å². The van der Waals surface area contributed by atoms with E-state index in [4.69, 9.17) is 5.11 Å². The van der Waals surface area contributed by atoms with E-state index >= 15 is 0 Å². The summed E-state index contributed by atoms with van der Waals surface area (Å²) in [5.74, 6) is -0.122. The van der Waals surface area contributed by atoms with Crippen LogP contribution in [-0.4, -0.2) is 11.1 Å². The average Bonchev–Trinajstić information content (AvgIpc) is 2.37. The van der Waals surface area contributed by atoms with Gasteiger partial charge in [0.25, 0.3) is 0 Å². The molecule has 0 fully saturated rings. The predicted octanol–water partition coefficient (Wildman–Crippen LogP) is 5.20. The first kappa shape index (κ1) is 14.6. The number of hydrogen-bond donors (Lipinski definition) is 1. The maximum absolute atomic E-state index is 10.9. The van der Waals surface area contributed by atoms with Gasteiger partial charge in [0.1, 0.15) is 0 Å². The van der Waals surface area contributed by atoms with Crippen LogP contribution in [0.15, 0.2) is 56.3 Å². The molecular formula is C14H10Br2O2S. The standard InChI is InChI=1S/C14H10Br2O2S/c15-11-2-1-3-12(7-11)19-8-10-5-4-9(14(17)18)6-13(10)16/h1-7H,8H2,(H,17,18). The Kier molecular flexibility index (Phi) is 5.07. The van der Waals surface area contributed by atoms with Crippen LogP contribution in [-0.2, 0) is 5.75 Å². The molecule has 5 heteroatoms. The van der Waals surface area contributed by atoms with Crippen LogP contribution in [0.5, 0.6) is 0 Å². The second-order valence-corrected chi connectivity index (χ2v) is 6.68. The number of carboxylic acid groups (broad SMARTS) is 1. The molecule has 0 unspecified atom stereocenters. The van der Waals surface area contributed by atoms with Gasteiger partial charge in [-0.2, -0.15) is 0 Å². The van der Waals surface area contributed by atoms with E-state index in [1.165, 1.54) is 4.90 Å². The van der Waals surface area contributed by atoms with Gasteiger partial charge in [0.05, 0.1) is 5.56 Å². The molecule has 2 rings (SSSR count). The molecule has 2 nitrogen and oxygen atoms in total. The SMILES string of the molecule is O=C(O)c1ccc(CSc2cccc(Br)c2)c(Br)c1. The first-order valence-electron chi connectivity index (χ1n) is 5.46. The van der Waals surface area contributed by atoms with Gasteiger partial charge in [0.2, 0.25) is 0 Å². The molecule has 0 aromatic heterocycles. The summed E-state index contributed by atoms with van der Waals surface area (Å²) in [6, 6.07) is 13.2. The van der Waals surface area contributed by atoms with Crippen LogP contribution in [0.4, 0.5) is 0 Å². The lowest BCUT2D eigenvalue weighted by Crippen LogP contribution is -1.96. The molecule has 0 saturated heterocycles. The number of carboxylic acids is 1. The Morgan fingerprint density at radius 2 is 1.95 bits per heavy atom. The van der Waals surface area contributed by atoms with Gasteiger partial charge in [-0.3, -0.25) is 0 Å². The zero-order valence-corrected chi connectivity index (χ0v) is 13.8. The van der Waals surface area contributed by atoms with E-state index in [0.29, 0.717) is 5.56 Å². The number of carbonyl (C=O) groups is 1. The number of rotatable bonds is 4. The molecule has 0 saturated carbocycles. The Labute approximate surface area is 132 Å². The van der Waals surface area contributed by atoms with Gasteiger partial charge >= 0.3 is 5.97 Å². The smallest absolute Gasteiger partial charge is 0.335 e. The first-order valence-corrected chi connectivity index (χ1v) is 8.03. The maximum Gasteiger partial charge on any atom is 0.335 e. The van der Waals surface area contributed by atoms with E-state index < -0.39 is 5.97 Å². The van der Waals surface area contributed by atoms with Crippen molar-refractivity contribution < 1.29 is 9.90 Å². The summed E-state index contributed by atoms with van der Waals surface area (Å²) in [7, 11) is 0. The van der Waals surface area contributed by atoms with E-state index in [-0.39, 0.29) is 0 Å². The summed E-state index contributed by atoms with van der Waals surface area (Å²) in [6.45, 7) is 0. The van der Waals surface area contributed by atoms with Crippen LogP contribution < -0.4 is 0 Å². The van der Waals surface area contributed by atoms with Crippen LogP contribution in [0.3, 0.4) is 0 Å². The number of halogens is 2. The second-order valence-electron chi connectivity index (χ2n) is 3.86. The molecule has 0 aliphatic carbocycles. The summed E-state index contributed by atoms with van der Waals surface area (Å²) in [5, 5.41) is 8.91. The van der Waals surface area contributed by atoms with Crippen molar-refractivity contribution in [1.29, 1.82) is 0 Å². The summed E-state index contributed by atoms with van der Waals surface area (Å²) in [6.07, 6.45) is 0. The van der Waals surface area contributed by atoms with Gasteiger partial charge in [0.15, 0.2) is 0 Å². The van der Waals surface area contributed by atoms with E-state index in [9.17, 15) is 4.79 Å². The summed E-state index contributed by atoms with van der Waals surface area (Å²) in [5.41, 5.74) is 1.37. The molecule has 0 amide bonds. The van der Waals surface area contributed by atoms with Crippen molar-refractivity contribution in [2.45, 2.75) is 10.6 Å². The largest absolute Gasteiger partial charge is 0.478 e. The van der Waals surface area contributed by atoms with Crippen LogP contribution in [0.1, 0.15) is 15.9 Å². The molecule has 0 radical (unpaired) electrons. The van der Waals surface area contributed by atoms with Crippen molar-refractivity contribution in [3.63, 3.8) is 0 Å². The monoisotopic (exact) mass is 400 g/mol. The molecular weight excluding hydrogens is 392 g/mol. The molecule has 0 spiro atoms. The predicted molar refractivity (Wildman–Crippen MR) is 84.8 cm³/mol. The van der Waals surface area contributed by atoms with E-state index in [2.05, 4.69) is 44.0 Å². The average molecular weight is 402 g/mol. The minimum Gasteiger partial charge on any atom is -0.478 e. The fraction of sp³-hybridized carbons (Fsp3) is 0.0714. The molecule has 1 N–H and O–H groups in total. The lowest BCUT2D eigenvalue weighted by Gasteiger charge is -2.06. The van der Waals surface area contributed by atoms with Crippen molar-refractivity contribution >= 4 is 49.6 Å². The van der Waals surface area contributed by atoms with Crippen molar-refractivity contribution in [2.24, 2.45) is 0 Å². The topological polar surface area (TPSA) is 37.3 Å². The third kappa shape index (κ3) is 4.09. The van der Waals surface area contributed by atoms with Crippen molar-refractivity contribution in [3.8, 4) is 0 Å². The lowest BCUT2D eigenvalue weighted by molar-refractivity contribution is 0.0697. The lowest BCUT2D eigenvalue weighted by atomic mass is 10.1. The highest BCUT2D eigenvalue weighted by molar-refractivity contribution is 9.10. The third-order valence-electron chi connectivity index (χ3n) is 2.49. The fourth-order valence-corrected chi connectivity index (χ4v) is 3.73. The first-order chi connectivity index (χ1) is 9.06. The summed E-state index contributed by atoms with van der Waals surface area (Å²) < 4.78 is 1.88. The second kappa shape index (κ2) is 6.59. The van der Waals surface area contributed by atoms with E-state index in [1.54, 1.807) is 23.9 Å². The molecule has 0 atom stereocenters. The number of hydrogen-bond acceptors (Lipinski definition) is 2. The zero-order chi connectivity index (χ0) is 13.8. The normalized spacial score (nSPS) is 10.4. The molecule has 19 heavy (non-hydrogen) atoms. The van der Waals surface area contributed by atoms with Gasteiger partial charge in [-0.25, -0.2) is 4.79 Å². The molecule has 0 bridgehead atoms. The van der Waals surface area contributed by atoms with Crippen molar-refractivity contribution in [3.05, 3.63) is 62.5 Å².